The fourth-order valence-electron chi connectivity index (χ4n) is 3.64. The summed E-state index contributed by atoms with van der Waals surface area (Å²) in [7, 11) is 0. The van der Waals surface area contributed by atoms with Crippen molar-refractivity contribution in [3.63, 3.8) is 0 Å². The van der Waals surface area contributed by atoms with Crippen LogP contribution in [0.2, 0.25) is 0 Å². The van der Waals surface area contributed by atoms with Crippen molar-refractivity contribution in [2.75, 3.05) is 19.7 Å². The number of hydrogen-bond donors (Lipinski definition) is 1. The Hall–Kier alpha value is -2.57. The molecule has 0 radical (unpaired) electrons. The summed E-state index contributed by atoms with van der Waals surface area (Å²) in [6, 6.07) is 3.92. The summed E-state index contributed by atoms with van der Waals surface area (Å²) in [4.78, 5) is 31.6. The SMILES string of the molecule is O=C(O)C(F)(F)F.O=C(c1cscn1)N1CCC[C@]2(C[C@@H](OCc3cccnc3)CO2)C1. The average Bonchev–Trinajstić information content (AvgIpc) is 3.43. The summed E-state index contributed by atoms with van der Waals surface area (Å²) in [6.45, 7) is 2.51. The molecule has 8 nitrogen and oxygen atoms in total. The van der Waals surface area contributed by atoms with E-state index in [9.17, 15) is 18.0 Å². The number of rotatable bonds is 4. The third kappa shape index (κ3) is 6.47. The van der Waals surface area contributed by atoms with Crippen molar-refractivity contribution in [3.8, 4) is 0 Å². The summed E-state index contributed by atoms with van der Waals surface area (Å²) < 4.78 is 43.9. The minimum absolute atomic E-state index is 0.00338. The third-order valence-electron chi connectivity index (χ3n) is 5.10. The number of aromatic nitrogens is 2. The largest absolute Gasteiger partial charge is 0.490 e. The zero-order chi connectivity index (χ0) is 23.2. The highest BCUT2D eigenvalue weighted by molar-refractivity contribution is 7.07. The van der Waals surface area contributed by atoms with Crippen LogP contribution in [0.3, 0.4) is 0 Å². The second-order valence-corrected chi connectivity index (χ2v) is 8.22. The van der Waals surface area contributed by atoms with Gasteiger partial charge in [0.2, 0.25) is 0 Å². The van der Waals surface area contributed by atoms with Gasteiger partial charge in [-0.25, -0.2) is 9.78 Å². The van der Waals surface area contributed by atoms with Crippen molar-refractivity contribution < 1.29 is 37.3 Å². The first-order chi connectivity index (χ1) is 15.2. The van der Waals surface area contributed by atoms with Gasteiger partial charge in [0.05, 0.1) is 37.0 Å². The van der Waals surface area contributed by atoms with E-state index in [4.69, 9.17) is 19.4 Å². The summed E-state index contributed by atoms with van der Waals surface area (Å²) in [5.41, 5.74) is 3.02. The second-order valence-electron chi connectivity index (χ2n) is 7.50. The molecule has 2 saturated heterocycles. The molecule has 2 aliphatic rings. The molecule has 1 N–H and O–H groups in total. The molecule has 4 heterocycles. The number of thiazole rings is 1. The predicted octanol–water partition coefficient (Wildman–Crippen LogP) is 3.15. The molecule has 0 unspecified atom stereocenters. The zero-order valence-electron chi connectivity index (χ0n) is 17.0. The average molecular weight is 473 g/mol. The van der Waals surface area contributed by atoms with Crippen LogP contribution in [-0.2, 0) is 20.9 Å². The van der Waals surface area contributed by atoms with E-state index < -0.39 is 12.1 Å². The van der Waals surface area contributed by atoms with E-state index in [1.54, 1.807) is 17.1 Å². The van der Waals surface area contributed by atoms with Gasteiger partial charge in [-0.3, -0.25) is 9.78 Å². The lowest BCUT2D eigenvalue weighted by Gasteiger charge is -2.39. The predicted molar refractivity (Wildman–Crippen MR) is 107 cm³/mol. The lowest BCUT2D eigenvalue weighted by Crippen LogP contribution is -2.50. The molecule has 0 aliphatic carbocycles. The Balaban J connectivity index is 0.000000360. The van der Waals surface area contributed by atoms with E-state index in [2.05, 4.69) is 9.97 Å². The van der Waals surface area contributed by atoms with E-state index in [1.165, 1.54) is 11.3 Å². The maximum atomic E-state index is 12.6. The van der Waals surface area contributed by atoms with Crippen LogP contribution in [0.5, 0.6) is 0 Å². The van der Waals surface area contributed by atoms with Crippen molar-refractivity contribution in [1.29, 1.82) is 0 Å². The number of piperidine rings is 1. The fourth-order valence-corrected chi connectivity index (χ4v) is 4.17. The first kappa shape index (κ1) is 24.1. The van der Waals surface area contributed by atoms with Crippen LogP contribution >= 0.6 is 11.3 Å². The Morgan fingerprint density at radius 1 is 1.41 bits per heavy atom. The molecule has 2 fully saturated rings. The Morgan fingerprint density at radius 3 is 2.81 bits per heavy atom. The van der Waals surface area contributed by atoms with E-state index in [0.717, 1.165) is 31.4 Å². The number of halogens is 3. The van der Waals surface area contributed by atoms with Gasteiger partial charge in [0.1, 0.15) is 5.69 Å². The highest BCUT2D eigenvalue weighted by Gasteiger charge is 2.45. The number of aliphatic carboxylic acids is 1. The normalized spacial score (nSPS) is 23.0. The molecular formula is C20H22F3N3O5S. The molecule has 0 bridgehead atoms. The van der Waals surface area contributed by atoms with Crippen LogP contribution in [0.25, 0.3) is 0 Å². The topological polar surface area (TPSA) is 102 Å². The lowest BCUT2D eigenvalue weighted by molar-refractivity contribution is -0.192. The first-order valence-corrected chi connectivity index (χ1v) is 10.7. The first-order valence-electron chi connectivity index (χ1n) is 9.81. The Morgan fingerprint density at radius 2 is 2.19 bits per heavy atom. The minimum atomic E-state index is -5.08. The van der Waals surface area contributed by atoms with Gasteiger partial charge in [-0.15, -0.1) is 11.3 Å². The summed E-state index contributed by atoms with van der Waals surface area (Å²) in [6.07, 6.45) is 1.31. The Kier molecular flexibility index (Phi) is 7.80. The van der Waals surface area contributed by atoms with Gasteiger partial charge in [0.25, 0.3) is 5.91 Å². The van der Waals surface area contributed by atoms with Gasteiger partial charge >= 0.3 is 12.1 Å². The molecule has 2 aromatic rings. The number of likely N-dealkylation sites (tertiary alicyclic amines) is 1. The number of carboxylic acids is 1. The Bertz CT molecular complexity index is 898. The molecule has 1 spiro atoms. The molecule has 1 amide bonds. The molecule has 32 heavy (non-hydrogen) atoms. The van der Waals surface area contributed by atoms with E-state index in [0.29, 0.717) is 25.5 Å². The highest BCUT2D eigenvalue weighted by Crippen LogP contribution is 2.36. The molecule has 12 heteroatoms. The number of amides is 1. The van der Waals surface area contributed by atoms with Gasteiger partial charge < -0.3 is 19.5 Å². The maximum Gasteiger partial charge on any atom is 0.490 e. The van der Waals surface area contributed by atoms with E-state index >= 15 is 0 Å². The molecule has 4 rings (SSSR count). The summed E-state index contributed by atoms with van der Waals surface area (Å²) in [5.74, 6) is -2.75. The smallest absolute Gasteiger partial charge is 0.475 e. The number of carboxylic acid groups (broad SMARTS) is 1. The van der Waals surface area contributed by atoms with E-state index in [-0.39, 0.29) is 17.6 Å². The maximum absolute atomic E-state index is 12.6. The summed E-state index contributed by atoms with van der Waals surface area (Å²) >= 11 is 1.45. The van der Waals surface area contributed by atoms with Crippen molar-refractivity contribution in [2.24, 2.45) is 0 Å². The van der Waals surface area contributed by atoms with Crippen LogP contribution in [-0.4, -0.2) is 69.4 Å². The lowest BCUT2D eigenvalue weighted by atomic mass is 9.89. The highest BCUT2D eigenvalue weighted by atomic mass is 32.1. The standard InChI is InChI=1S/C18H21N3O3S.C2HF3O2/c22-17(16-11-25-13-20-16)21-6-2-4-18(12-21)7-15(10-24-18)23-9-14-3-1-5-19-8-14;3-2(4,5)1(6)7/h1,3,5,8,11,13,15H,2,4,6-7,9-10,12H2;(H,6,7)/t15-,18+;/m1./s1. The number of hydrogen-bond acceptors (Lipinski definition) is 7. The van der Waals surface area contributed by atoms with Crippen molar-refractivity contribution >= 4 is 23.2 Å². The van der Waals surface area contributed by atoms with Crippen LogP contribution in [0, 0.1) is 0 Å². The number of alkyl halides is 3. The van der Waals surface area contributed by atoms with Gasteiger partial charge in [0.15, 0.2) is 0 Å². The number of carbonyl (C=O) groups excluding carboxylic acids is 1. The van der Waals surface area contributed by atoms with Crippen molar-refractivity contribution in [1.82, 2.24) is 14.9 Å². The molecule has 174 valence electrons. The number of ether oxygens (including phenoxy) is 2. The van der Waals surface area contributed by atoms with Crippen LogP contribution < -0.4 is 0 Å². The molecule has 0 saturated carbocycles. The Labute approximate surface area is 186 Å². The fraction of sp³-hybridized carbons (Fsp3) is 0.500. The third-order valence-corrected chi connectivity index (χ3v) is 5.69. The zero-order valence-corrected chi connectivity index (χ0v) is 17.8. The van der Waals surface area contributed by atoms with Gasteiger partial charge in [-0.2, -0.15) is 13.2 Å². The molecule has 0 aromatic carbocycles. The number of carbonyl (C=O) groups is 2. The van der Waals surface area contributed by atoms with Gasteiger partial charge in [-0.1, -0.05) is 6.07 Å². The minimum Gasteiger partial charge on any atom is -0.475 e. The van der Waals surface area contributed by atoms with Crippen LogP contribution in [0.15, 0.2) is 35.4 Å². The molecule has 2 aliphatic heterocycles. The van der Waals surface area contributed by atoms with Gasteiger partial charge in [0, 0.05) is 30.7 Å². The monoisotopic (exact) mass is 473 g/mol. The molecular weight excluding hydrogens is 451 g/mol. The quantitative estimate of drug-likeness (QED) is 0.728. The second kappa shape index (κ2) is 10.4. The van der Waals surface area contributed by atoms with E-state index in [1.807, 2.05) is 23.2 Å². The van der Waals surface area contributed by atoms with Crippen molar-refractivity contribution in [3.05, 3.63) is 46.7 Å². The summed E-state index contributed by atoms with van der Waals surface area (Å²) in [5, 5.41) is 8.93. The van der Waals surface area contributed by atoms with Gasteiger partial charge in [-0.05, 0) is 24.5 Å². The number of nitrogens with zero attached hydrogens (tertiary/aromatic N) is 3. The molecule has 2 aromatic heterocycles. The van der Waals surface area contributed by atoms with Crippen LogP contribution in [0.1, 0.15) is 35.3 Å². The van der Waals surface area contributed by atoms with Crippen LogP contribution in [0.4, 0.5) is 13.2 Å². The molecule has 2 atom stereocenters. The van der Waals surface area contributed by atoms with Crippen molar-refractivity contribution in [2.45, 2.75) is 43.8 Å². The number of pyridine rings is 1.